The van der Waals surface area contributed by atoms with E-state index < -0.39 is 0 Å². The molecule has 2 nitrogen and oxygen atoms in total. The van der Waals surface area contributed by atoms with E-state index in [-0.39, 0.29) is 0 Å². The Morgan fingerprint density at radius 1 is 0.800 bits per heavy atom. The molecule has 0 rings (SSSR count). The van der Waals surface area contributed by atoms with Crippen LogP contribution in [0.15, 0.2) is 0 Å². The van der Waals surface area contributed by atoms with E-state index in [9.17, 15) is 0 Å². The minimum absolute atomic E-state index is 1.03. The van der Waals surface area contributed by atoms with E-state index in [1.54, 1.807) is 0 Å². The molecule has 0 atom stereocenters. The van der Waals surface area contributed by atoms with E-state index in [4.69, 9.17) is 0 Å². The van der Waals surface area contributed by atoms with Gasteiger partial charge in [-0.2, -0.15) is 0 Å². The molecule has 0 heterocycles. The molecule has 0 aromatic heterocycles. The van der Waals surface area contributed by atoms with Crippen molar-refractivity contribution in [3.63, 3.8) is 0 Å². The molecule has 6 N–H and O–H groups in total. The summed E-state index contributed by atoms with van der Waals surface area (Å²) in [5.74, 6) is 2.31. The van der Waals surface area contributed by atoms with Crippen LogP contribution in [0.2, 0.25) is 0 Å². The number of quaternary nitrogens is 2. The summed E-state index contributed by atoms with van der Waals surface area (Å²) in [5, 5.41) is 0. The quantitative estimate of drug-likeness (QED) is 0.472. The Hall–Kier alpha value is 1.32. The van der Waals surface area contributed by atoms with Crippen LogP contribution in [-0.2, 0) is 0 Å². The maximum absolute atomic E-state index is 3.76. The molecule has 0 spiro atoms. The van der Waals surface area contributed by atoms with Gasteiger partial charge in [-0.05, 0) is 19.7 Å². The average molecular weight is 218 g/mol. The molecule has 6 heteroatoms. The lowest BCUT2D eigenvalue weighted by Crippen LogP contribution is -2.51. The molecular formula is C4H14N2S4+2. The minimum Gasteiger partial charge on any atom is -0.357 e. The Morgan fingerprint density at radius 3 is 1.50 bits per heavy atom. The Bertz CT molecular complexity index is 55.2. The molecule has 0 unspecified atom stereocenters. The second-order valence-corrected chi connectivity index (χ2v) is 7.73. The fourth-order valence-corrected chi connectivity index (χ4v) is 6.08. The maximum atomic E-state index is 3.76. The van der Waals surface area contributed by atoms with Crippen LogP contribution < -0.4 is 11.5 Å². The van der Waals surface area contributed by atoms with Gasteiger partial charge in [0.2, 0.25) is 0 Å². The first kappa shape index (κ1) is 11.3. The van der Waals surface area contributed by atoms with Crippen molar-refractivity contribution in [3.8, 4) is 0 Å². The zero-order valence-electron chi connectivity index (χ0n) is 5.88. The molecular weight excluding hydrogens is 204 g/mol. The Balaban J connectivity index is 2.65. The third-order valence-electron chi connectivity index (χ3n) is 0.579. The molecule has 0 bridgehead atoms. The molecule has 0 radical (unpaired) electrons. The van der Waals surface area contributed by atoms with E-state index in [1.807, 2.05) is 41.2 Å². The Morgan fingerprint density at radius 2 is 1.20 bits per heavy atom. The smallest absolute Gasteiger partial charge is 0.0840 e. The van der Waals surface area contributed by atoms with Gasteiger partial charge in [-0.3, -0.25) is 0 Å². The van der Waals surface area contributed by atoms with Crippen molar-refractivity contribution < 1.29 is 11.5 Å². The van der Waals surface area contributed by atoms with Crippen LogP contribution in [-0.4, -0.2) is 24.6 Å². The maximum Gasteiger partial charge on any atom is 0.0840 e. The average Bonchev–Trinajstić information content (AvgIpc) is 1.97. The molecule has 0 fully saturated rings. The highest BCUT2D eigenvalue weighted by atomic mass is 33.7. The summed E-state index contributed by atoms with van der Waals surface area (Å²) in [7, 11) is 7.45. The summed E-state index contributed by atoms with van der Waals surface area (Å²) in [5.41, 5.74) is 7.52. The highest BCUT2D eigenvalue weighted by molar-refractivity contribution is 9.26. The summed E-state index contributed by atoms with van der Waals surface area (Å²) in [6, 6.07) is 0. The van der Waals surface area contributed by atoms with Gasteiger partial charge in [0.15, 0.2) is 0 Å². The van der Waals surface area contributed by atoms with Crippen molar-refractivity contribution >= 4 is 41.2 Å². The largest absolute Gasteiger partial charge is 0.357 e. The van der Waals surface area contributed by atoms with Crippen molar-refractivity contribution in [2.45, 2.75) is 0 Å². The molecule has 0 aliphatic heterocycles. The van der Waals surface area contributed by atoms with Gasteiger partial charge in [0, 0.05) is 0 Å². The van der Waals surface area contributed by atoms with Gasteiger partial charge in [0.05, 0.1) is 24.6 Å². The first-order valence-corrected chi connectivity index (χ1v) is 8.23. The van der Waals surface area contributed by atoms with Crippen molar-refractivity contribution in [2.75, 3.05) is 24.6 Å². The fourth-order valence-electron chi connectivity index (χ4n) is 0.225. The van der Waals surface area contributed by atoms with Gasteiger partial charge < -0.3 is 11.5 Å². The van der Waals surface area contributed by atoms with E-state index in [0.29, 0.717) is 0 Å². The normalized spacial score (nSPS) is 10.2. The Kier molecular flexibility index (Phi) is 11.7. The topological polar surface area (TPSA) is 55.3 Å². The second-order valence-electron chi connectivity index (χ2n) is 1.49. The van der Waals surface area contributed by atoms with Gasteiger partial charge in [-0.25, -0.2) is 0 Å². The van der Waals surface area contributed by atoms with Crippen molar-refractivity contribution in [3.05, 3.63) is 0 Å². The van der Waals surface area contributed by atoms with E-state index in [1.165, 1.54) is 0 Å². The predicted molar refractivity (Wildman–Crippen MR) is 55.6 cm³/mol. The van der Waals surface area contributed by atoms with Gasteiger partial charge in [0.1, 0.15) is 0 Å². The number of rotatable bonds is 7. The van der Waals surface area contributed by atoms with E-state index in [2.05, 4.69) is 11.5 Å². The fraction of sp³-hybridized carbons (Fsp3) is 1.00. The summed E-state index contributed by atoms with van der Waals surface area (Å²) in [6.45, 7) is 2.05. The molecule has 0 aliphatic rings. The lowest BCUT2D eigenvalue weighted by atomic mass is 10.8. The molecule has 0 aromatic carbocycles. The monoisotopic (exact) mass is 218 g/mol. The summed E-state index contributed by atoms with van der Waals surface area (Å²) in [6.07, 6.45) is 0. The van der Waals surface area contributed by atoms with Gasteiger partial charge in [-0.15, -0.1) is 0 Å². The van der Waals surface area contributed by atoms with Gasteiger partial charge in [0.25, 0.3) is 0 Å². The Labute approximate surface area is 77.2 Å². The highest BCUT2D eigenvalue weighted by Gasteiger charge is 1.91. The van der Waals surface area contributed by atoms with Crippen LogP contribution in [0.4, 0.5) is 0 Å². The summed E-state index contributed by atoms with van der Waals surface area (Å²) < 4.78 is 0. The van der Waals surface area contributed by atoms with Crippen LogP contribution in [0.5, 0.6) is 0 Å². The lowest BCUT2D eigenvalue weighted by Gasteiger charge is -1.94. The minimum atomic E-state index is 1.03. The molecule has 0 aliphatic carbocycles. The van der Waals surface area contributed by atoms with Crippen LogP contribution in [0, 0.1) is 0 Å². The standard InChI is InChI=1S/C4H12N2S4/c5-1-3-7-9-10-8-4-2-6/h1-6H2/p+2. The van der Waals surface area contributed by atoms with Crippen LogP contribution in [0.1, 0.15) is 0 Å². The zero-order valence-corrected chi connectivity index (χ0v) is 9.14. The lowest BCUT2D eigenvalue weighted by molar-refractivity contribution is -0.360. The second kappa shape index (κ2) is 10.3. The van der Waals surface area contributed by atoms with Gasteiger partial charge >= 0.3 is 0 Å². The predicted octanol–water partition coefficient (Wildman–Crippen LogP) is 0.148. The summed E-state index contributed by atoms with van der Waals surface area (Å²) >= 11 is 0. The molecule has 62 valence electrons. The number of hydrogen-bond acceptors (Lipinski definition) is 4. The first-order chi connectivity index (χ1) is 4.91. The zero-order chi connectivity index (χ0) is 7.66. The summed E-state index contributed by atoms with van der Waals surface area (Å²) in [4.78, 5) is 0. The molecule has 0 saturated heterocycles. The third kappa shape index (κ3) is 9.32. The van der Waals surface area contributed by atoms with Crippen LogP contribution in [0.25, 0.3) is 0 Å². The third-order valence-corrected chi connectivity index (χ3v) is 7.21. The first-order valence-electron chi connectivity index (χ1n) is 3.08. The van der Waals surface area contributed by atoms with Crippen LogP contribution in [0.3, 0.4) is 0 Å². The van der Waals surface area contributed by atoms with Crippen molar-refractivity contribution in [1.82, 2.24) is 0 Å². The molecule has 0 aromatic rings. The van der Waals surface area contributed by atoms with Crippen molar-refractivity contribution in [2.24, 2.45) is 0 Å². The van der Waals surface area contributed by atoms with E-state index >= 15 is 0 Å². The molecule has 0 saturated carbocycles. The molecule has 10 heavy (non-hydrogen) atoms. The number of hydrogen-bond donors (Lipinski definition) is 2. The highest BCUT2D eigenvalue weighted by Crippen LogP contribution is 2.42. The molecule has 0 amide bonds. The van der Waals surface area contributed by atoms with Crippen LogP contribution >= 0.6 is 41.2 Å². The van der Waals surface area contributed by atoms with E-state index in [0.717, 1.165) is 24.6 Å². The SMILES string of the molecule is [NH3+]CCSSSSCC[NH3+]. The van der Waals surface area contributed by atoms with Crippen molar-refractivity contribution in [1.29, 1.82) is 0 Å². The van der Waals surface area contributed by atoms with Gasteiger partial charge in [-0.1, -0.05) is 21.6 Å².